The molecular weight excluding hydrogens is 182 g/mol. The Labute approximate surface area is 83.3 Å². The van der Waals surface area contributed by atoms with E-state index in [0.717, 1.165) is 6.42 Å². The second-order valence-corrected chi connectivity index (χ2v) is 5.65. The van der Waals surface area contributed by atoms with Gasteiger partial charge in [-0.3, -0.25) is 9.52 Å². The maximum Gasteiger partial charge on any atom is 0.233 e. The molecule has 1 N–H and O–H groups in total. The Morgan fingerprint density at radius 1 is 1.69 bits per heavy atom. The molecule has 2 rings (SSSR count). The Kier molecular flexibility index (Phi) is 2.14. The molecule has 2 atom stereocenters. The van der Waals surface area contributed by atoms with Gasteiger partial charge in [0.1, 0.15) is 0 Å². The number of hydrogen-bond acceptors (Lipinski definition) is 2. The molecular formula is C10H15NOS. The van der Waals surface area contributed by atoms with Crippen molar-refractivity contribution in [3.8, 4) is 0 Å². The number of nitrogens with one attached hydrogen (secondary N) is 1. The van der Waals surface area contributed by atoms with Crippen LogP contribution >= 0.6 is 11.9 Å². The van der Waals surface area contributed by atoms with Crippen LogP contribution in [0.25, 0.3) is 0 Å². The molecule has 0 heterocycles. The number of rotatable bonds is 4. The lowest BCUT2D eigenvalue weighted by molar-refractivity contribution is -0.120. The number of carbonyl (C=O) groups excluding carboxylic acids is 1. The van der Waals surface area contributed by atoms with Crippen LogP contribution in [0.1, 0.15) is 26.2 Å². The fourth-order valence-electron chi connectivity index (χ4n) is 1.30. The maximum absolute atomic E-state index is 11.5. The molecule has 1 amide bonds. The van der Waals surface area contributed by atoms with Crippen molar-refractivity contribution in [1.29, 1.82) is 0 Å². The van der Waals surface area contributed by atoms with Crippen molar-refractivity contribution < 1.29 is 4.79 Å². The van der Waals surface area contributed by atoms with Crippen molar-refractivity contribution in [2.75, 3.05) is 0 Å². The monoisotopic (exact) mass is 197 g/mol. The third-order valence-corrected chi connectivity index (χ3v) is 4.04. The lowest BCUT2D eigenvalue weighted by Gasteiger charge is -2.08. The standard InChI is InChI=1S/C10H15NOS/c1-3-7-6-8(7)9(12)11-13-10(2)4-5-10/h3,7-8H,1,4-6H2,2H3,(H,11,12)/t7?,8-/m0/s1. The Morgan fingerprint density at radius 2 is 2.38 bits per heavy atom. The summed E-state index contributed by atoms with van der Waals surface area (Å²) in [6.45, 7) is 5.88. The molecule has 0 saturated heterocycles. The Bertz CT molecular complexity index is 247. The normalized spacial score (nSPS) is 33.6. The zero-order chi connectivity index (χ0) is 9.47. The summed E-state index contributed by atoms with van der Waals surface area (Å²) in [5.74, 6) is 0.850. The number of amides is 1. The van der Waals surface area contributed by atoms with E-state index < -0.39 is 0 Å². The molecule has 13 heavy (non-hydrogen) atoms. The van der Waals surface area contributed by atoms with Crippen LogP contribution in [0.15, 0.2) is 12.7 Å². The third-order valence-electron chi connectivity index (χ3n) is 2.83. The van der Waals surface area contributed by atoms with Gasteiger partial charge in [-0.25, -0.2) is 0 Å². The third kappa shape index (κ3) is 2.08. The molecule has 2 saturated carbocycles. The predicted molar refractivity (Wildman–Crippen MR) is 55.2 cm³/mol. The quantitative estimate of drug-likeness (QED) is 0.552. The van der Waals surface area contributed by atoms with Crippen LogP contribution in [-0.4, -0.2) is 10.7 Å². The van der Waals surface area contributed by atoms with Crippen LogP contribution in [0.5, 0.6) is 0 Å². The van der Waals surface area contributed by atoms with Crippen molar-refractivity contribution in [1.82, 2.24) is 4.72 Å². The lowest BCUT2D eigenvalue weighted by Crippen LogP contribution is -2.21. The highest BCUT2D eigenvalue weighted by atomic mass is 32.2. The summed E-state index contributed by atoms with van der Waals surface area (Å²) >= 11 is 1.60. The molecule has 72 valence electrons. The van der Waals surface area contributed by atoms with E-state index in [2.05, 4.69) is 18.2 Å². The summed E-state index contributed by atoms with van der Waals surface area (Å²) in [4.78, 5) is 11.5. The summed E-state index contributed by atoms with van der Waals surface area (Å²) in [5, 5.41) is 0. The first-order valence-electron chi connectivity index (χ1n) is 4.75. The molecule has 2 nitrogen and oxygen atoms in total. The number of hydrogen-bond donors (Lipinski definition) is 1. The molecule has 3 heteroatoms. The summed E-state index contributed by atoms with van der Waals surface area (Å²) in [6, 6.07) is 0. The van der Waals surface area contributed by atoms with E-state index in [9.17, 15) is 4.79 Å². The zero-order valence-electron chi connectivity index (χ0n) is 7.88. The van der Waals surface area contributed by atoms with E-state index in [0.29, 0.717) is 10.7 Å². The lowest BCUT2D eigenvalue weighted by atomic mass is 10.3. The molecule has 0 aromatic rings. The summed E-state index contributed by atoms with van der Waals surface area (Å²) in [7, 11) is 0. The summed E-state index contributed by atoms with van der Waals surface area (Å²) in [5.41, 5.74) is 0. The molecule has 0 aromatic heterocycles. The summed E-state index contributed by atoms with van der Waals surface area (Å²) < 4.78 is 3.28. The molecule has 2 aliphatic rings. The first-order chi connectivity index (χ1) is 6.14. The van der Waals surface area contributed by atoms with Crippen LogP contribution in [0, 0.1) is 11.8 Å². The average Bonchev–Trinajstić information content (AvgIpc) is 2.97. The van der Waals surface area contributed by atoms with Gasteiger partial charge >= 0.3 is 0 Å². The van der Waals surface area contributed by atoms with Gasteiger partial charge in [-0.2, -0.15) is 0 Å². The van der Waals surface area contributed by atoms with Gasteiger partial charge in [-0.15, -0.1) is 6.58 Å². The Balaban J connectivity index is 1.70. The average molecular weight is 197 g/mol. The van der Waals surface area contributed by atoms with E-state index >= 15 is 0 Å². The molecule has 2 fully saturated rings. The van der Waals surface area contributed by atoms with Crippen molar-refractivity contribution in [3.63, 3.8) is 0 Å². The second-order valence-electron chi connectivity index (χ2n) is 4.26. The first-order valence-corrected chi connectivity index (χ1v) is 5.57. The van der Waals surface area contributed by atoms with Crippen LogP contribution in [-0.2, 0) is 4.79 Å². The Hall–Kier alpha value is -0.440. The smallest absolute Gasteiger partial charge is 0.233 e. The van der Waals surface area contributed by atoms with Gasteiger partial charge in [0.15, 0.2) is 0 Å². The van der Waals surface area contributed by atoms with E-state index in [4.69, 9.17) is 0 Å². The highest BCUT2D eigenvalue weighted by molar-refractivity contribution is 7.99. The van der Waals surface area contributed by atoms with Crippen LogP contribution in [0.3, 0.4) is 0 Å². The minimum atomic E-state index is 0.197. The van der Waals surface area contributed by atoms with Gasteiger partial charge in [0.25, 0.3) is 0 Å². The fourth-order valence-corrected chi connectivity index (χ4v) is 2.11. The van der Waals surface area contributed by atoms with Crippen LogP contribution in [0.2, 0.25) is 0 Å². The van der Waals surface area contributed by atoms with Crippen molar-refractivity contribution in [3.05, 3.63) is 12.7 Å². The van der Waals surface area contributed by atoms with Gasteiger partial charge in [-0.1, -0.05) is 6.08 Å². The van der Waals surface area contributed by atoms with Gasteiger partial charge in [-0.05, 0) is 44.1 Å². The highest BCUT2D eigenvalue weighted by Crippen LogP contribution is 2.47. The topological polar surface area (TPSA) is 29.1 Å². The summed E-state index contributed by atoms with van der Waals surface area (Å²) in [6.07, 6.45) is 5.33. The predicted octanol–water partition coefficient (Wildman–Crippen LogP) is 2.13. The number of carbonyl (C=O) groups is 1. The molecule has 0 aliphatic heterocycles. The minimum Gasteiger partial charge on any atom is -0.299 e. The largest absolute Gasteiger partial charge is 0.299 e. The van der Waals surface area contributed by atoms with Gasteiger partial charge in [0.05, 0.1) is 0 Å². The SMILES string of the molecule is C=CC1C[C@@H]1C(=O)NSC1(C)CC1. The van der Waals surface area contributed by atoms with Crippen molar-refractivity contribution in [2.45, 2.75) is 30.9 Å². The molecule has 0 spiro atoms. The second kappa shape index (κ2) is 3.05. The number of allylic oxidation sites excluding steroid dienone is 1. The van der Waals surface area contributed by atoms with Gasteiger partial charge in [0.2, 0.25) is 5.91 Å². The fraction of sp³-hybridized carbons (Fsp3) is 0.700. The maximum atomic E-state index is 11.5. The molecule has 1 unspecified atom stereocenters. The van der Waals surface area contributed by atoms with Crippen molar-refractivity contribution in [2.24, 2.45) is 11.8 Å². The van der Waals surface area contributed by atoms with Crippen LogP contribution in [0.4, 0.5) is 0 Å². The van der Waals surface area contributed by atoms with Crippen LogP contribution < -0.4 is 4.72 Å². The van der Waals surface area contributed by atoms with E-state index in [-0.39, 0.29) is 11.8 Å². The molecule has 0 bridgehead atoms. The molecule has 0 radical (unpaired) electrons. The van der Waals surface area contributed by atoms with Gasteiger partial charge in [0, 0.05) is 10.7 Å². The molecule has 0 aromatic carbocycles. The minimum absolute atomic E-state index is 0.197. The van der Waals surface area contributed by atoms with Crippen molar-refractivity contribution >= 4 is 17.9 Å². The zero-order valence-corrected chi connectivity index (χ0v) is 8.69. The first kappa shape index (κ1) is 9.13. The Morgan fingerprint density at radius 3 is 2.85 bits per heavy atom. The van der Waals surface area contributed by atoms with E-state index in [1.165, 1.54) is 12.8 Å². The van der Waals surface area contributed by atoms with E-state index in [1.807, 2.05) is 6.08 Å². The molecule has 2 aliphatic carbocycles. The van der Waals surface area contributed by atoms with Gasteiger partial charge < -0.3 is 0 Å². The van der Waals surface area contributed by atoms with E-state index in [1.54, 1.807) is 11.9 Å². The highest BCUT2D eigenvalue weighted by Gasteiger charge is 2.43.